The number of aliphatic hydroxyl groups is 2. The first-order chi connectivity index (χ1) is 7.98. The number of fused-ring (bicyclic) bond motifs is 1. The van der Waals surface area contributed by atoms with Gasteiger partial charge < -0.3 is 10.2 Å². The molecule has 1 atom stereocenters. The first-order valence-electron chi connectivity index (χ1n) is 5.71. The zero-order chi connectivity index (χ0) is 12.5. The molecule has 90 valence electrons. The smallest absolute Gasteiger partial charge is 0.0862 e. The van der Waals surface area contributed by atoms with Crippen LogP contribution in [0.2, 0.25) is 0 Å². The third-order valence-corrected chi connectivity index (χ3v) is 2.97. The fraction of sp³-hybridized carbons (Fsp3) is 0.357. The zero-order valence-corrected chi connectivity index (χ0v) is 10.1. The van der Waals surface area contributed by atoms with Gasteiger partial charge in [-0.1, -0.05) is 18.2 Å². The summed E-state index contributed by atoms with van der Waals surface area (Å²) in [5.41, 5.74) is 0.822. The minimum Gasteiger partial charge on any atom is -0.390 e. The van der Waals surface area contributed by atoms with Crippen LogP contribution in [0, 0.1) is 0 Å². The maximum atomic E-state index is 9.93. The number of nitrogens with zero attached hydrogens (tertiary/aromatic N) is 1. The summed E-state index contributed by atoms with van der Waals surface area (Å²) in [5.74, 6) is 0. The first kappa shape index (κ1) is 12.0. The largest absolute Gasteiger partial charge is 0.390 e. The van der Waals surface area contributed by atoms with Crippen LogP contribution in [0.25, 0.3) is 10.9 Å². The molecule has 1 unspecified atom stereocenters. The molecule has 0 amide bonds. The van der Waals surface area contributed by atoms with Gasteiger partial charge in [-0.05, 0) is 31.5 Å². The van der Waals surface area contributed by atoms with Gasteiger partial charge in [-0.3, -0.25) is 4.98 Å². The highest BCUT2D eigenvalue weighted by atomic mass is 16.3. The number of benzene rings is 1. The number of aliphatic hydroxyl groups excluding tert-OH is 1. The van der Waals surface area contributed by atoms with E-state index in [0.29, 0.717) is 6.42 Å². The van der Waals surface area contributed by atoms with E-state index in [-0.39, 0.29) is 0 Å². The topological polar surface area (TPSA) is 53.4 Å². The van der Waals surface area contributed by atoms with Crippen LogP contribution in [0.3, 0.4) is 0 Å². The summed E-state index contributed by atoms with van der Waals surface area (Å²) in [7, 11) is 0. The van der Waals surface area contributed by atoms with Crippen molar-refractivity contribution in [1.82, 2.24) is 4.98 Å². The monoisotopic (exact) mass is 231 g/mol. The Morgan fingerprint density at radius 3 is 2.65 bits per heavy atom. The van der Waals surface area contributed by atoms with Crippen molar-refractivity contribution in [2.45, 2.75) is 32.0 Å². The second-order valence-electron chi connectivity index (χ2n) is 4.86. The predicted molar refractivity (Wildman–Crippen MR) is 67.8 cm³/mol. The van der Waals surface area contributed by atoms with Crippen LogP contribution in [0.4, 0.5) is 0 Å². The van der Waals surface area contributed by atoms with E-state index in [9.17, 15) is 10.2 Å². The molecule has 0 fully saturated rings. The Morgan fingerprint density at radius 2 is 1.94 bits per heavy atom. The van der Waals surface area contributed by atoms with Crippen molar-refractivity contribution in [2.75, 3.05) is 0 Å². The Kier molecular flexibility index (Phi) is 3.13. The fourth-order valence-electron chi connectivity index (χ4n) is 1.79. The van der Waals surface area contributed by atoms with Crippen molar-refractivity contribution in [3.8, 4) is 0 Å². The quantitative estimate of drug-likeness (QED) is 0.848. The summed E-state index contributed by atoms with van der Waals surface area (Å²) >= 11 is 0. The average Bonchev–Trinajstić information content (AvgIpc) is 2.28. The van der Waals surface area contributed by atoms with Crippen LogP contribution >= 0.6 is 0 Å². The highest BCUT2D eigenvalue weighted by molar-refractivity contribution is 5.81. The predicted octanol–water partition coefficient (Wildman–Crippen LogP) is 1.91. The van der Waals surface area contributed by atoms with E-state index in [1.165, 1.54) is 0 Å². The van der Waals surface area contributed by atoms with E-state index in [1.54, 1.807) is 20.0 Å². The standard InChI is InChI=1S/C14H17NO2/c1-14(2,17)13(16)9-10-7-8-15-12-6-4-3-5-11(10)12/h3-8,13,16-17H,9H2,1-2H3. The van der Waals surface area contributed by atoms with Gasteiger partial charge in [0.2, 0.25) is 0 Å². The Labute approximate surface area is 101 Å². The SMILES string of the molecule is CC(C)(O)C(O)Cc1ccnc2ccccc12. The number of para-hydroxylation sites is 1. The number of hydrogen-bond donors (Lipinski definition) is 2. The number of aromatic nitrogens is 1. The van der Waals surface area contributed by atoms with E-state index in [1.807, 2.05) is 30.3 Å². The molecule has 0 spiro atoms. The Hall–Kier alpha value is -1.45. The fourth-order valence-corrected chi connectivity index (χ4v) is 1.79. The van der Waals surface area contributed by atoms with Gasteiger partial charge in [0, 0.05) is 18.0 Å². The van der Waals surface area contributed by atoms with Crippen molar-refractivity contribution in [2.24, 2.45) is 0 Å². The Morgan fingerprint density at radius 1 is 1.24 bits per heavy atom. The van der Waals surface area contributed by atoms with Crippen LogP contribution in [-0.2, 0) is 6.42 Å². The molecule has 0 aliphatic carbocycles. The highest BCUT2D eigenvalue weighted by Gasteiger charge is 2.24. The Bertz CT molecular complexity index is 512. The molecule has 0 saturated heterocycles. The van der Waals surface area contributed by atoms with Gasteiger partial charge in [-0.25, -0.2) is 0 Å². The highest BCUT2D eigenvalue weighted by Crippen LogP contribution is 2.20. The summed E-state index contributed by atoms with van der Waals surface area (Å²) in [6.45, 7) is 3.22. The van der Waals surface area contributed by atoms with Crippen LogP contribution in [-0.4, -0.2) is 26.9 Å². The van der Waals surface area contributed by atoms with E-state index in [2.05, 4.69) is 4.98 Å². The van der Waals surface area contributed by atoms with Gasteiger partial charge in [0.15, 0.2) is 0 Å². The summed E-state index contributed by atoms with van der Waals surface area (Å²) in [6, 6.07) is 9.69. The molecular weight excluding hydrogens is 214 g/mol. The lowest BCUT2D eigenvalue weighted by Gasteiger charge is -2.24. The molecule has 17 heavy (non-hydrogen) atoms. The molecule has 0 aliphatic heterocycles. The third-order valence-electron chi connectivity index (χ3n) is 2.97. The first-order valence-corrected chi connectivity index (χ1v) is 5.71. The maximum Gasteiger partial charge on any atom is 0.0862 e. The van der Waals surface area contributed by atoms with Crippen LogP contribution in [0.15, 0.2) is 36.5 Å². The minimum atomic E-state index is -1.09. The summed E-state index contributed by atoms with van der Waals surface area (Å²) in [4.78, 5) is 4.27. The van der Waals surface area contributed by atoms with Crippen LogP contribution in [0.1, 0.15) is 19.4 Å². The average molecular weight is 231 g/mol. The molecule has 1 aromatic heterocycles. The number of rotatable bonds is 3. The van der Waals surface area contributed by atoms with Crippen LogP contribution < -0.4 is 0 Å². The lowest BCUT2D eigenvalue weighted by molar-refractivity contribution is -0.0468. The van der Waals surface area contributed by atoms with Crippen molar-refractivity contribution >= 4 is 10.9 Å². The van der Waals surface area contributed by atoms with E-state index < -0.39 is 11.7 Å². The van der Waals surface area contributed by atoms with E-state index >= 15 is 0 Å². The minimum absolute atomic E-state index is 0.423. The Balaban J connectivity index is 2.36. The lowest BCUT2D eigenvalue weighted by Crippen LogP contribution is -2.37. The van der Waals surface area contributed by atoms with Gasteiger partial charge in [-0.15, -0.1) is 0 Å². The molecule has 0 radical (unpaired) electrons. The zero-order valence-electron chi connectivity index (χ0n) is 10.1. The normalized spacial score (nSPS) is 13.9. The molecule has 0 aliphatic rings. The van der Waals surface area contributed by atoms with Gasteiger partial charge in [0.05, 0.1) is 17.2 Å². The summed E-state index contributed by atoms with van der Waals surface area (Å²) < 4.78 is 0. The molecule has 2 aromatic rings. The summed E-state index contributed by atoms with van der Waals surface area (Å²) in [6.07, 6.45) is 1.37. The molecule has 2 rings (SSSR count). The van der Waals surface area contributed by atoms with Gasteiger partial charge in [-0.2, -0.15) is 0 Å². The van der Waals surface area contributed by atoms with E-state index in [0.717, 1.165) is 16.5 Å². The van der Waals surface area contributed by atoms with Gasteiger partial charge in [0.1, 0.15) is 0 Å². The van der Waals surface area contributed by atoms with Gasteiger partial charge in [0.25, 0.3) is 0 Å². The second-order valence-corrected chi connectivity index (χ2v) is 4.86. The third kappa shape index (κ3) is 2.62. The van der Waals surface area contributed by atoms with Crippen molar-refractivity contribution < 1.29 is 10.2 Å². The van der Waals surface area contributed by atoms with Crippen molar-refractivity contribution in [3.05, 3.63) is 42.1 Å². The second kappa shape index (κ2) is 4.43. The number of pyridine rings is 1. The molecule has 1 aromatic carbocycles. The van der Waals surface area contributed by atoms with Crippen molar-refractivity contribution in [3.63, 3.8) is 0 Å². The molecule has 2 N–H and O–H groups in total. The molecule has 0 saturated carbocycles. The molecule has 3 heteroatoms. The molecule has 0 bridgehead atoms. The molecule has 1 heterocycles. The lowest BCUT2D eigenvalue weighted by atomic mass is 9.94. The van der Waals surface area contributed by atoms with Crippen molar-refractivity contribution in [1.29, 1.82) is 0 Å². The van der Waals surface area contributed by atoms with E-state index in [4.69, 9.17) is 0 Å². The molecular formula is C14H17NO2. The maximum absolute atomic E-state index is 9.93. The van der Waals surface area contributed by atoms with Crippen LogP contribution in [0.5, 0.6) is 0 Å². The van der Waals surface area contributed by atoms with Gasteiger partial charge >= 0.3 is 0 Å². The number of hydrogen-bond acceptors (Lipinski definition) is 3. The molecule has 3 nitrogen and oxygen atoms in total. The summed E-state index contributed by atoms with van der Waals surface area (Å²) in [5, 5.41) is 20.7.